The molecule has 3 aromatic carbocycles. The number of benzene rings is 3. The molecule has 0 amide bonds. The smallest absolute Gasteiger partial charge is 0.339 e. The first-order valence-electron chi connectivity index (χ1n) is 8.39. The number of terminal acetylenes is 1. The maximum atomic E-state index is 12.4. The third kappa shape index (κ3) is 2.75. The molecule has 126 valence electrons. The molecule has 26 heavy (non-hydrogen) atoms. The third-order valence-electron chi connectivity index (χ3n) is 4.33. The minimum atomic E-state index is -0.540. The van der Waals surface area contributed by atoms with Crippen molar-refractivity contribution in [3.05, 3.63) is 78.4 Å². The summed E-state index contributed by atoms with van der Waals surface area (Å²) < 4.78 is 7.85. The van der Waals surface area contributed by atoms with Crippen molar-refractivity contribution in [3.8, 4) is 17.2 Å². The summed E-state index contributed by atoms with van der Waals surface area (Å²) in [6.45, 7) is 1.69. The first kappa shape index (κ1) is 16.4. The molecule has 0 saturated carbocycles. The minimum Gasteiger partial charge on any atom is -0.446 e. The quantitative estimate of drug-likeness (QED) is 0.259. The Morgan fingerprint density at radius 2 is 1.58 bits per heavy atom. The van der Waals surface area contributed by atoms with E-state index in [0.29, 0.717) is 5.56 Å². The van der Waals surface area contributed by atoms with Gasteiger partial charge in [0, 0.05) is 27.3 Å². The first-order chi connectivity index (χ1) is 12.7. The maximum Gasteiger partial charge on any atom is 0.339 e. The van der Waals surface area contributed by atoms with Gasteiger partial charge in [0.25, 0.3) is 0 Å². The van der Waals surface area contributed by atoms with Gasteiger partial charge in [-0.3, -0.25) is 0 Å². The summed E-state index contributed by atoms with van der Waals surface area (Å²) in [5, 5.41) is 2.53. The first-order valence-corrected chi connectivity index (χ1v) is 9.61. The van der Waals surface area contributed by atoms with Crippen LogP contribution in [0.15, 0.2) is 72.8 Å². The maximum absolute atomic E-state index is 12.4. The van der Waals surface area contributed by atoms with Crippen LogP contribution in [0, 0.1) is 12.3 Å². The summed E-state index contributed by atoms with van der Waals surface area (Å²) in [4.78, 5) is 13.5. The molecule has 0 aliphatic heterocycles. The van der Waals surface area contributed by atoms with Crippen molar-refractivity contribution in [1.82, 2.24) is 0 Å². The Bertz CT molecular complexity index is 1110. The summed E-state index contributed by atoms with van der Waals surface area (Å²) >= 11 is 0. The van der Waals surface area contributed by atoms with E-state index in [9.17, 15) is 4.79 Å². The van der Waals surface area contributed by atoms with Gasteiger partial charge in [0.05, 0.1) is 5.56 Å². The van der Waals surface area contributed by atoms with Gasteiger partial charge in [-0.05, 0) is 43.3 Å². The van der Waals surface area contributed by atoms with Crippen molar-refractivity contribution in [3.63, 3.8) is 0 Å². The van der Waals surface area contributed by atoms with Crippen LogP contribution in [0.25, 0.3) is 25.1 Å². The fraction of sp³-hybridized carbons (Fsp3) is 0.0870. The van der Waals surface area contributed by atoms with Crippen LogP contribution >= 0.6 is 10.5 Å². The monoisotopic (exact) mass is 357 g/mol. The van der Waals surface area contributed by atoms with Gasteiger partial charge in [-0.25, -0.2) is 4.79 Å². The van der Waals surface area contributed by atoms with E-state index >= 15 is 0 Å². The second-order valence-electron chi connectivity index (χ2n) is 6.04. The van der Waals surface area contributed by atoms with E-state index in [1.165, 1.54) is 20.2 Å². The molecule has 3 heteroatoms. The van der Waals surface area contributed by atoms with E-state index in [-0.39, 0.29) is 16.4 Å². The highest BCUT2D eigenvalue weighted by molar-refractivity contribution is 7.50. The molecule has 0 N–H and O–H groups in total. The van der Waals surface area contributed by atoms with Crippen LogP contribution in [0.5, 0.6) is 0 Å². The highest BCUT2D eigenvalue weighted by Crippen LogP contribution is 2.48. The number of carbonyl (C=O) groups excluding carboxylic acids is 1. The van der Waals surface area contributed by atoms with Crippen LogP contribution in [0.3, 0.4) is 0 Å². The van der Waals surface area contributed by atoms with Crippen LogP contribution in [0.2, 0.25) is 0 Å². The Labute approximate surface area is 155 Å². The lowest BCUT2D eigenvalue weighted by Gasteiger charge is -2.06. The molecule has 2 nitrogen and oxygen atoms in total. The molecule has 4 rings (SSSR count). The zero-order valence-electron chi connectivity index (χ0n) is 14.3. The zero-order chi connectivity index (χ0) is 18.1. The van der Waals surface area contributed by atoms with E-state index in [1.54, 1.807) is 13.0 Å². The number of carbonyl (C=O) groups is 1. The molecule has 1 aromatic heterocycles. The zero-order valence-corrected chi connectivity index (χ0v) is 15.1. The van der Waals surface area contributed by atoms with Gasteiger partial charge in [0.15, 0.2) is 20.4 Å². The fourth-order valence-electron chi connectivity index (χ4n) is 3.12. The summed E-state index contributed by atoms with van der Waals surface area (Å²) in [6, 6.07) is 24.6. The lowest BCUT2D eigenvalue weighted by Crippen LogP contribution is -2.12. The number of rotatable bonds is 3. The Hall–Kier alpha value is -3.09. The van der Waals surface area contributed by atoms with Crippen molar-refractivity contribution >= 4 is 36.6 Å². The van der Waals surface area contributed by atoms with Crippen LogP contribution in [0.1, 0.15) is 17.3 Å². The molecule has 0 radical (unpaired) electrons. The standard InChI is InChI=1S/C23H17O2S/c1-3-16(2)25-23(24)17-9-8-10-18(15-17)26-21-13-6-4-11-19(21)20-12-5-7-14-22(20)26/h1,4-16H,2H3/q+1. The summed E-state index contributed by atoms with van der Waals surface area (Å²) in [5.74, 6) is 2.03. The molecule has 0 spiro atoms. The molecule has 1 atom stereocenters. The Morgan fingerprint density at radius 3 is 2.19 bits per heavy atom. The van der Waals surface area contributed by atoms with Gasteiger partial charge >= 0.3 is 5.97 Å². The fourth-order valence-corrected chi connectivity index (χ4v) is 5.55. The summed E-state index contributed by atoms with van der Waals surface area (Å²) in [6.07, 6.45) is 4.77. The van der Waals surface area contributed by atoms with E-state index in [4.69, 9.17) is 11.2 Å². The summed E-state index contributed by atoms with van der Waals surface area (Å²) in [7, 11) is -0.230. The Kier molecular flexibility index (Phi) is 4.20. The lowest BCUT2D eigenvalue weighted by atomic mass is 10.2. The average molecular weight is 357 g/mol. The van der Waals surface area contributed by atoms with Crippen molar-refractivity contribution < 1.29 is 9.53 Å². The highest BCUT2D eigenvalue weighted by Gasteiger charge is 2.24. The molecule has 0 saturated heterocycles. The molecular formula is C23H17O2S+. The van der Waals surface area contributed by atoms with Gasteiger partial charge < -0.3 is 4.74 Å². The van der Waals surface area contributed by atoms with Crippen LogP contribution < -0.4 is 0 Å². The topological polar surface area (TPSA) is 26.3 Å². The lowest BCUT2D eigenvalue weighted by molar-refractivity contribution is 0.0439. The third-order valence-corrected chi connectivity index (χ3v) is 6.65. The SMILES string of the molecule is C#CC(C)OC(=O)c1cccc(-[s+]2c3ccccc3c3ccccc32)c1. The van der Waals surface area contributed by atoms with Crippen molar-refractivity contribution in [1.29, 1.82) is 0 Å². The van der Waals surface area contributed by atoms with E-state index in [1.807, 2.05) is 12.1 Å². The number of ether oxygens (including phenoxy) is 1. The number of hydrogen-bond donors (Lipinski definition) is 0. The number of esters is 1. The van der Waals surface area contributed by atoms with Gasteiger partial charge in [-0.2, -0.15) is 0 Å². The molecule has 4 aromatic rings. The molecule has 0 bridgehead atoms. The van der Waals surface area contributed by atoms with E-state index in [2.05, 4.69) is 60.5 Å². The van der Waals surface area contributed by atoms with Crippen molar-refractivity contribution in [2.24, 2.45) is 0 Å². The van der Waals surface area contributed by atoms with Crippen LogP contribution in [-0.4, -0.2) is 12.1 Å². The van der Waals surface area contributed by atoms with E-state index in [0.717, 1.165) is 4.90 Å². The second-order valence-corrected chi connectivity index (χ2v) is 8.00. The number of thiophene rings is 1. The predicted molar refractivity (Wildman–Crippen MR) is 109 cm³/mol. The Balaban J connectivity index is 1.90. The minimum absolute atomic E-state index is 0.230. The van der Waals surface area contributed by atoms with Gasteiger partial charge in [-0.15, -0.1) is 6.42 Å². The normalized spacial score (nSPS) is 12.0. The molecule has 1 heterocycles. The average Bonchev–Trinajstić information content (AvgIpc) is 3.02. The Morgan fingerprint density at radius 1 is 0.962 bits per heavy atom. The van der Waals surface area contributed by atoms with Gasteiger partial charge in [0.1, 0.15) is 0 Å². The van der Waals surface area contributed by atoms with Crippen LogP contribution in [-0.2, 0) is 4.74 Å². The van der Waals surface area contributed by atoms with Gasteiger partial charge in [-0.1, -0.05) is 36.3 Å². The number of fused-ring (bicyclic) bond motifs is 3. The predicted octanol–water partition coefficient (Wildman–Crippen LogP) is 5.91. The molecule has 0 aliphatic rings. The largest absolute Gasteiger partial charge is 0.446 e. The number of hydrogen-bond acceptors (Lipinski definition) is 2. The molecule has 0 aliphatic carbocycles. The molecular weight excluding hydrogens is 340 g/mol. The van der Waals surface area contributed by atoms with Crippen LogP contribution in [0.4, 0.5) is 0 Å². The van der Waals surface area contributed by atoms with Gasteiger partial charge in [0.2, 0.25) is 0 Å². The van der Waals surface area contributed by atoms with Crippen molar-refractivity contribution in [2.45, 2.75) is 13.0 Å². The van der Waals surface area contributed by atoms with Crippen molar-refractivity contribution in [2.75, 3.05) is 0 Å². The molecule has 0 fully saturated rings. The highest BCUT2D eigenvalue weighted by atomic mass is 32.2. The second kappa shape index (κ2) is 6.67. The van der Waals surface area contributed by atoms with E-state index < -0.39 is 6.10 Å². The molecule has 1 unspecified atom stereocenters. The summed E-state index contributed by atoms with van der Waals surface area (Å²) in [5.41, 5.74) is 0.527.